The quantitative estimate of drug-likeness (QED) is 0.632. The smallest absolute Gasteiger partial charge is 0.0775 e. The summed E-state index contributed by atoms with van der Waals surface area (Å²) in [5.41, 5.74) is 0.179. The lowest BCUT2D eigenvalue weighted by molar-refractivity contribution is -0.0179. The molecule has 0 aliphatic heterocycles. The van der Waals surface area contributed by atoms with Crippen LogP contribution in [0.2, 0.25) is 0 Å². The van der Waals surface area contributed by atoms with Crippen molar-refractivity contribution in [1.82, 2.24) is 0 Å². The number of rotatable bonds is 2. The van der Waals surface area contributed by atoms with Crippen molar-refractivity contribution < 1.29 is 4.74 Å². The highest BCUT2D eigenvalue weighted by atomic mass is 79.9. The molecule has 0 atom stereocenters. The molecule has 1 rings (SSSR count). The minimum Gasteiger partial charge on any atom is -0.377 e. The van der Waals surface area contributed by atoms with E-state index in [1.54, 1.807) is 0 Å². The van der Waals surface area contributed by atoms with Crippen molar-refractivity contribution >= 4 is 15.9 Å². The van der Waals surface area contributed by atoms with Gasteiger partial charge in [0, 0.05) is 12.4 Å². The van der Waals surface area contributed by atoms with Gasteiger partial charge in [-0.05, 0) is 12.8 Å². The fraction of sp³-hybridized carbons (Fsp3) is 1.00. The molecule has 0 saturated heterocycles. The van der Waals surface area contributed by atoms with Crippen molar-refractivity contribution in [3.8, 4) is 0 Å². The van der Waals surface area contributed by atoms with Crippen LogP contribution in [0, 0.1) is 0 Å². The number of ether oxygens (including phenoxy) is 1. The van der Waals surface area contributed by atoms with Gasteiger partial charge in [0.2, 0.25) is 0 Å². The summed E-state index contributed by atoms with van der Waals surface area (Å²) >= 11 is 3.50. The first kappa shape index (κ1) is 8.54. The molecule has 0 aromatic rings. The summed E-state index contributed by atoms with van der Waals surface area (Å²) in [6.07, 6.45) is 6.51. The summed E-state index contributed by atoms with van der Waals surface area (Å²) in [6, 6.07) is 0. The van der Waals surface area contributed by atoms with Gasteiger partial charge in [-0.2, -0.15) is 0 Å². The Morgan fingerprint density at radius 1 is 1.30 bits per heavy atom. The van der Waals surface area contributed by atoms with E-state index in [2.05, 4.69) is 15.9 Å². The molecule has 1 nitrogen and oxygen atoms in total. The summed E-state index contributed by atoms with van der Waals surface area (Å²) in [6.45, 7) is 0. The summed E-state index contributed by atoms with van der Waals surface area (Å²) in [5, 5.41) is 0.997. The average molecular weight is 207 g/mol. The Morgan fingerprint density at radius 3 is 2.20 bits per heavy atom. The van der Waals surface area contributed by atoms with Crippen LogP contribution in [0.5, 0.6) is 0 Å². The van der Waals surface area contributed by atoms with E-state index < -0.39 is 0 Å². The first-order valence-electron chi connectivity index (χ1n) is 3.94. The monoisotopic (exact) mass is 206 g/mol. The number of methoxy groups -OCH3 is 1. The Hall–Kier alpha value is 0.440. The van der Waals surface area contributed by atoms with Crippen LogP contribution in [-0.4, -0.2) is 18.0 Å². The van der Waals surface area contributed by atoms with E-state index in [9.17, 15) is 0 Å². The minimum atomic E-state index is 0.179. The van der Waals surface area contributed by atoms with Crippen LogP contribution in [0.25, 0.3) is 0 Å². The molecule has 1 aliphatic rings. The second-order valence-corrected chi connectivity index (χ2v) is 3.64. The maximum absolute atomic E-state index is 5.48. The summed E-state index contributed by atoms with van der Waals surface area (Å²) < 4.78 is 5.48. The van der Waals surface area contributed by atoms with Crippen LogP contribution in [0.3, 0.4) is 0 Å². The van der Waals surface area contributed by atoms with E-state index in [-0.39, 0.29) is 5.60 Å². The largest absolute Gasteiger partial charge is 0.377 e. The van der Waals surface area contributed by atoms with Gasteiger partial charge in [0.15, 0.2) is 0 Å². The van der Waals surface area contributed by atoms with E-state index >= 15 is 0 Å². The maximum Gasteiger partial charge on any atom is 0.0775 e. The van der Waals surface area contributed by atoms with E-state index in [0.717, 1.165) is 5.33 Å². The van der Waals surface area contributed by atoms with E-state index in [1.165, 1.54) is 32.1 Å². The van der Waals surface area contributed by atoms with Crippen LogP contribution in [0.4, 0.5) is 0 Å². The third kappa shape index (κ3) is 1.73. The lowest BCUT2D eigenvalue weighted by atomic mass is 9.86. The Labute approximate surface area is 71.3 Å². The van der Waals surface area contributed by atoms with Crippen LogP contribution >= 0.6 is 15.9 Å². The van der Waals surface area contributed by atoms with Crippen molar-refractivity contribution in [3.63, 3.8) is 0 Å². The van der Waals surface area contributed by atoms with Gasteiger partial charge in [-0.1, -0.05) is 35.2 Å². The number of alkyl halides is 1. The molecule has 2 heteroatoms. The highest BCUT2D eigenvalue weighted by Crippen LogP contribution is 2.32. The molecule has 10 heavy (non-hydrogen) atoms. The molecular weight excluding hydrogens is 192 g/mol. The molecule has 0 heterocycles. The van der Waals surface area contributed by atoms with Crippen LogP contribution in [-0.2, 0) is 4.74 Å². The van der Waals surface area contributed by atoms with Gasteiger partial charge in [-0.15, -0.1) is 0 Å². The number of hydrogen-bond acceptors (Lipinski definition) is 1. The summed E-state index contributed by atoms with van der Waals surface area (Å²) in [7, 11) is 1.83. The van der Waals surface area contributed by atoms with Crippen LogP contribution in [0.15, 0.2) is 0 Å². The zero-order valence-electron chi connectivity index (χ0n) is 6.53. The zero-order valence-corrected chi connectivity index (χ0v) is 8.11. The zero-order chi connectivity index (χ0) is 7.45. The molecule has 1 aliphatic carbocycles. The van der Waals surface area contributed by atoms with Gasteiger partial charge in [0.1, 0.15) is 0 Å². The SMILES string of the molecule is COC1(CBr)CCCCC1. The molecule has 0 bridgehead atoms. The second kappa shape index (κ2) is 3.72. The van der Waals surface area contributed by atoms with Gasteiger partial charge in [-0.25, -0.2) is 0 Å². The molecule has 0 amide bonds. The Morgan fingerprint density at radius 2 is 1.90 bits per heavy atom. The van der Waals surface area contributed by atoms with Crippen molar-refractivity contribution in [2.45, 2.75) is 37.7 Å². The highest BCUT2D eigenvalue weighted by molar-refractivity contribution is 9.09. The van der Waals surface area contributed by atoms with E-state index in [4.69, 9.17) is 4.74 Å². The first-order valence-corrected chi connectivity index (χ1v) is 5.06. The highest BCUT2D eigenvalue weighted by Gasteiger charge is 2.30. The number of halogens is 1. The first-order chi connectivity index (χ1) is 4.83. The Bertz CT molecular complexity index is 91.4. The Balaban J connectivity index is 2.44. The predicted octanol–water partition coefficient (Wildman–Crippen LogP) is 2.73. The van der Waals surface area contributed by atoms with E-state index in [1.807, 2.05) is 7.11 Å². The number of hydrogen-bond donors (Lipinski definition) is 0. The third-order valence-corrected chi connectivity index (χ3v) is 3.46. The molecule has 0 unspecified atom stereocenters. The van der Waals surface area contributed by atoms with Crippen molar-refractivity contribution in [3.05, 3.63) is 0 Å². The lowest BCUT2D eigenvalue weighted by Gasteiger charge is -2.34. The maximum atomic E-state index is 5.48. The van der Waals surface area contributed by atoms with Crippen molar-refractivity contribution in [2.24, 2.45) is 0 Å². The van der Waals surface area contributed by atoms with Gasteiger partial charge in [0.25, 0.3) is 0 Å². The molecule has 0 aromatic carbocycles. The molecule has 60 valence electrons. The fourth-order valence-corrected chi connectivity index (χ4v) is 2.38. The predicted molar refractivity (Wildman–Crippen MR) is 46.6 cm³/mol. The summed E-state index contributed by atoms with van der Waals surface area (Å²) in [4.78, 5) is 0. The molecule has 1 saturated carbocycles. The molecule has 0 aromatic heterocycles. The molecular formula is C8H15BrO. The van der Waals surface area contributed by atoms with Crippen LogP contribution in [0.1, 0.15) is 32.1 Å². The Kier molecular flexibility index (Phi) is 3.18. The minimum absolute atomic E-state index is 0.179. The molecule has 1 fully saturated rings. The lowest BCUT2D eigenvalue weighted by Crippen LogP contribution is -2.35. The van der Waals surface area contributed by atoms with Crippen LogP contribution < -0.4 is 0 Å². The normalized spacial score (nSPS) is 24.6. The average Bonchev–Trinajstić information content (AvgIpc) is 2.06. The van der Waals surface area contributed by atoms with Gasteiger partial charge >= 0.3 is 0 Å². The third-order valence-electron chi connectivity index (χ3n) is 2.44. The molecule has 0 radical (unpaired) electrons. The standard InChI is InChI=1S/C8H15BrO/c1-10-8(7-9)5-3-2-4-6-8/h2-7H2,1H3. The van der Waals surface area contributed by atoms with Gasteiger partial charge in [0.05, 0.1) is 5.60 Å². The fourth-order valence-electron chi connectivity index (χ4n) is 1.59. The topological polar surface area (TPSA) is 9.23 Å². The van der Waals surface area contributed by atoms with Crippen molar-refractivity contribution in [2.75, 3.05) is 12.4 Å². The second-order valence-electron chi connectivity index (χ2n) is 3.08. The van der Waals surface area contributed by atoms with Crippen molar-refractivity contribution in [1.29, 1.82) is 0 Å². The summed E-state index contributed by atoms with van der Waals surface area (Å²) in [5.74, 6) is 0. The van der Waals surface area contributed by atoms with Gasteiger partial charge < -0.3 is 4.74 Å². The van der Waals surface area contributed by atoms with Gasteiger partial charge in [-0.3, -0.25) is 0 Å². The molecule has 0 spiro atoms. The van der Waals surface area contributed by atoms with E-state index in [0.29, 0.717) is 0 Å². The molecule has 0 N–H and O–H groups in total.